The summed E-state index contributed by atoms with van der Waals surface area (Å²) in [5.41, 5.74) is 0. The molecule has 1 saturated heterocycles. The van der Waals surface area contributed by atoms with Crippen LogP contribution >= 0.6 is 0 Å². The fraction of sp³-hybridized carbons (Fsp3) is 0.923. The van der Waals surface area contributed by atoms with Gasteiger partial charge in [-0.15, -0.1) is 0 Å². The standard InChI is InChI=1S/C13H27N3O/c1-5-16-8-6-12(7-9-16)10(2)15-11(3)13(17)14-4/h10-12,15H,5-9H2,1-4H3,(H,14,17). The molecule has 4 heteroatoms. The number of nitrogens with zero attached hydrogens (tertiary/aromatic N) is 1. The number of carbonyl (C=O) groups excluding carboxylic acids is 1. The molecular formula is C13H27N3O. The largest absolute Gasteiger partial charge is 0.358 e. The van der Waals surface area contributed by atoms with Gasteiger partial charge in [-0.1, -0.05) is 6.92 Å². The number of hydrogen-bond donors (Lipinski definition) is 2. The number of rotatable bonds is 5. The van der Waals surface area contributed by atoms with Crippen molar-refractivity contribution < 1.29 is 4.79 Å². The minimum Gasteiger partial charge on any atom is -0.358 e. The summed E-state index contributed by atoms with van der Waals surface area (Å²) in [5.74, 6) is 0.771. The van der Waals surface area contributed by atoms with Crippen molar-refractivity contribution in [1.82, 2.24) is 15.5 Å². The van der Waals surface area contributed by atoms with E-state index in [-0.39, 0.29) is 11.9 Å². The molecule has 1 heterocycles. The highest BCUT2D eigenvalue weighted by atomic mass is 16.2. The van der Waals surface area contributed by atoms with Crippen LogP contribution in [0.5, 0.6) is 0 Å². The molecule has 0 saturated carbocycles. The average Bonchev–Trinajstić information content (AvgIpc) is 2.37. The highest BCUT2D eigenvalue weighted by Crippen LogP contribution is 2.20. The summed E-state index contributed by atoms with van der Waals surface area (Å²) in [5, 5.41) is 6.08. The Morgan fingerprint density at radius 2 is 1.94 bits per heavy atom. The Morgan fingerprint density at radius 1 is 1.35 bits per heavy atom. The van der Waals surface area contributed by atoms with Gasteiger partial charge in [-0.3, -0.25) is 4.79 Å². The van der Waals surface area contributed by atoms with Gasteiger partial charge in [0, 0.05) is 13.1 Å². The number of piperidine rings is 1. The van der Waals surface area contributed by atoms with E-state index in [1.165, 1.54) is 25.9 Å². The topological polar surface area (TPSA) is 44.4 Å². The normalized spacial score (nSPS) is 22.1. The van der Waals surface area contributed by atoms with Crippen molar-refractivity contribution in [3.8, 4) is 0 Å². The summed E-state index contributed by atoms with van der Waals surface area (Å²) in [6.45, 7) is 9.89. The summed E-state index contributed by atoms with van der Waals surface area (Å²) < 4.78 is 0. The first kappa shape index (κ1) is 14.5. The smallest absolute Gasteiger partial charge is 0.236 e. The lowest BCUT2D eigenvalue weighted by atomic mass is 9.90. The molecule has 0 aromatic rings. The zero-order chi connectivity index (χ0) is 12.8. The van der Waals surface area contributed by atoms with E-state index in [0.29, 0.717) is 12.0 Å². The molecule has 0 spiro atoms. The highest BCUT2D eigenvalue weighted by molar-refractivity contribution is 5.80. The Balaban J connectivity index is 2.33. The predicted octanol–water partition coefficient (Wildman–Crippen LogP) is 0.831. The van der Waals surface area contributed by atoms with Crippen molar-refractivity contribution in [3.63, 3.8) is 0 Å². The molecule has 2 N–H and O–H groups in total. The van der Waals surface area contributed by atoms with Gasteiger partial charge >= 0.3 is 0 Å². The third-order valence-electron chi connectivity index (χ3n) is 3.94. The van der Waals surface area contributed by atoms with Gasteiger partial charge in [0.05, 0.1) is 6.04 Å². The summed E-state index contributed by atoms with van der Waals surface area (Å²) >= 11 is 0. The van der Waals surface area contributed by atoms with Gasteiger partial charge in [-0.25, -0.2) is 0 Å². The Bertz CT molecular complexity index is 237. The monoisotopic (exact) mass is 241 g/mol. The molecule has 2 unspecified atom stereocenters. The second kappa shape index (κ2) is 6.97. The van der Waals surface area contributed by atoms with Crippen LogP contribution in [0, 0.1) is 5.92 Å². The lowest BCUT2D eigenvalue weighted by Crippen LogP contribution is -2.49. The van der Waals surface area contributed by atoms with Gasteiger partial charge in [0.15, 0.2) is 0 Å². The minimum absolute atomic E-state index is 0.0721. The Hall–Kier alpha value is -0.610. The van der Waals surface area contributed by atoms with Crippen LogP contribution in [0.15, 0.2) is 0 Å². The van der Waals surface area contributed by atoms with Crippen molar-refractivity contribution in [3.05, 3.63) is 0 Å². The van der Waals surface area contributed by atoms with Crippen LogP contribution in [0.3, 0.4) is 0 Å². The highest BCUT2D eigenvalue weighted by Gasteiger charge is 2.25. The summed E-state index contributed by atoms with van der Waals surface area (Å²) in [6.07, 6.45) is 2.48. The van der Waals surface area contributed by atoms with Gasteiger partial charge in [0.25, 0.3) is 0 Å². The second-order valence-corrected chi connectivity index (χ2v) is 5.06. The van der Waals surface area contributed by atoms with Gasteiger partial charge in [-0.05, 0) is 52.2 Å². The quantitative estimate of drug-likeness (QED) is 0.749. The average molecular weight is 241 g/mol. The van der Waals surface area contributed by atoms with Crippen LogP contribution in [-0.2, 0) is 4.79 Å². The van der Waals surface area contributed by atoms with E-state index < -0.39 is 0 Å². The summed E-state index contributed by atoms with van der Waals surface area (Å²) in [7, 11) is 1.69. The molecule has 0 aromatic heterocycles. The zero-order valence-corrected chi connectivity index (χ0v) is 11.6. The third-order valence-corrected chi connectivity index (χ3v) is 3.94. The van der Waals surface area contributed by atoms with Crippen molar-refractivity contribution in [2.45, 2.75) is 45.7 Å². The molecule has 100 valence electrons. The van der Waals surface area contributed by atoms with Crippen LogP contribution in [0.4, 0.5) is 0 Å². The van der Waals surface area contributed by atoms with Crippen molar-refractivity contribution in [1.29, 1.82) is 0 Å². The van der Waals surface area contributed by atoms with Crippen LogP contribution in [0.25, 0.3) is 0 Å². The molecule has 0 radical (unpaired) electrons. The first-order valence-electron chi connectivity index (χ1n) is 6.78. The van der Waals surface area contributed by atoms with Crippen LogP contribution in [-0.4, -0.2) is 49.6 Å². The summed E-state index contributed by atoms with van der Waals surface area (Å²) in [4.78, 5) is 13.9. The van der Waals surface area contributed by atoms with E-state index in [0.717, 1.165) is 6.54 Å². The van der Waals surface area contributed by atoms with Crippen molar-refractivity contribution in [2.75, 3.05) is 26.7 Å². The number of likely N-dealkylation sites (N-methyl/N-ethyl adjacent to an activating group) is 1. The van der Waals surface area contributed by atoms with Gasteiger partial charge in [0.2, 0.25) is 5.91 Å². The molecule has 2 atom stereocenters. The predicted molar refractivity (Wildman–Crippen MR) is 71.0 cm³/mol. The Morgan fingerprint density at radius 3 is 2.41 bits per heavy atom. The lowest BCUT2D eigenvalue weighted by Gasteiger charge is -2.35. The summed E-state index contributed by atoms with van der Waals surface area (Å²) in [6, 6.07) is 0.320. The SMILES string of the molecule is CCN1CCC(C(C)NC(C)C(=O)NC)CC1. The fourth-order valence-electron chi connectivity index (χ4n) is 2.59. The second-order valence-electron chi connectivity index (χ2n) is 5.06. The lowest BCUT2D eigenvalue weighted by molar-refractivity contribution is -0.122. The van der Waals surface area contributed by atoms with Gasteiger partial charge in [-0.2, -0.15) is 0 Å². The number of hydrogen-bond acceptors (Lipinski definition) is 3. The van der Waals surface area contributed by atoms with E-state index in [9.17, 15) is 4.79 Å². The number of nitrogens with one attached hydrogen (secondary N) is 2. The first-order chi connectivity index (χ1) is 8.08. The van der Waals surface area contributed by atoms with Crippen LogP contribution < -0.4 is 10.6 Å². The van der Waals surface area contributed by atoms with Crippen LogP contribution in [0.2, 0.25) is 0 Å². The molecule has 0 aliphatic carbocycles. The maximum absolute atomic E-state index is 11.4. The van der Waals surface area contributed by atoms with Crippen LogP contribution in [0.1, 0.15) is 33.6 Å². The number of carbonyl (C=O) groups is 1. The third kappa shape index (κ3) is 4.28. The maximum Gasteiger partial charge on any atom is 0.236 e. The number of likely N-dealkylation sites (tertiary alicyclic amines) is 1. The molecule has 0 bridgehead atoms. The van der Waals surface area contributed by atoms with Crippen molar-refractivity contribution >= 4 is 5.91 Å². The van der Waals surface area contributed by atoms with E-state index in [1.54, 1.807) is 7.05 Å². The molecule has 4 nitrogen and oxygen atoms in total. The van der Waals surface area contributed by atoms with E-state index in [1.807, 2.05) is 6.92 Å². The minimum atomic E-state index is -0.0980. The Labute approximate surface area is 105 Å². The van der Waals surface area contributed by atoms with E-state index in [4.69, 9.17) is 0 Å². The number of amides is 1. The van der Waals surface area contributed by atoms with Crippen molar-refractivity contribution in [2.24, 2.45) is 5.92 Å². The molecule has 1 rings (SSSR count). The maximum atomic E-state index is 11.4. The molecule has 1 aliphatic rings. The first-order valence-corrected chi connectivity index (χ1v) is 6.78. The fourth-order valence-corrected chi connectivity index (χ4v) is 2.59. The van der Waals surface area contributed by atoms with Gasteiger partial charge < -0.3 is 15.5 Å². The zero-order valence-electron chi connectivity index (χ0n) is 11.6. The molecule has 1 fully saturated rings. The molecular weight excluding hydrogens is 214 g/mol. The van der Waals surface area contributed by atoms with E-state index in [2.05, 4.69) is 29.4 Å². The molecule has 0 aromatic carbocycles. The van der Waals surface area contributed by atoms with Gasteiger partial charge in [0.1, 0.15) is 0 Å². The van der Waals surface area contributed by atoms with E-state index >= 15 is 0 Å². The molecule has 1 amide bonds. The molecule has 1 aliphatic heterocycles. The molecule has 17 heavy (non-hydrogen) atoms. The Kier molecular flexibility index (Phi) is 5.92.